The monoisotopic (exact) mass is 470 g/mol. The molecule has 3 atom stereocenters. The Morgan fingerprint density at radius 3 is 2.61 bits per heavy atom. The summed E-state index contributed by atoms with van der Waals surface area (Å²) in [5.74, 6) is -1.07. The van der Waals surface area contributed by atoms with Crippen molar-refractivity contribution in [3.8, 4) is 0 Å². The average Bonchev–Trinajstić information content (AvgIpc) is 2.99. The third kappa shape index (κ3) is 5.66. The second-order valence-corrected chi connectivity index (χ2v) is 9.96. The van der Waals surface area contributed by atoms with E-state index < -0.39 is 40.3 Å². The molecule has 170 valence electrons. The molecular formula is C20H26N2O7S2. The van der Waals surface area contributed by atoms with Crippen LogP contribution in [0.15, 0.2) is 40.9 Å². The summed E-state index contributed by atoms with van der Waals surface area (Å²) >= 11 is 1.48. The topological polar surface area (TPSA) is 113 Å². The number of ether oxygens (including phenoxy) is 1. The van der Waals surface area contributed by atoms with Crippen molar-refractivity contribution in [1.82, 2.24) is 9.80 Å². The summed E-state index contributed by atoms with van der Waals surface area (Å²) in [4.78, 5) is 29.8. The van der Waals surface area contributed by atoms with Gasteiger partial charge in [0.2, 0.25) is 5.91 Å². The summed E-state index contributed by atoms with van der Waals surface area (Å²) in [6.07, 6.45) is -0.639. The van der Waals surface area contributed by atoms with Crippen LogP contribution in [-0.4, -0.2) is 73.2 Å². The highest BCUT2D eigenvalue weighted by Gasteiger charge is 2.58. The van der Waals surface area contributed by atoms with Crippen LogP contribution in [0.5, 0.6) is 0 Å². The molecule has 0 aliphatic carbocycles. The number of carbonyl (C=O) groups is 2. The molecule has 1 aromatic carbocycles. The molecule has 9 nitrogen and oxygen atoms in total. The number of benzene rings is 1. The number of rotatable bonds is 10. The second-order valence-electron chi connectivity index (χ2n) is 7.72. The Morgan fingerprint density at radius 1 is 1.32 bits per heavy atom. The molecule has 1 fully saturated rings. The average molecular weight is 471 g/mol. The Morgan fingerprint density at radius 2 is 2.00 bits per heavy atom. The fraction of sp³-hybridized carbons (Fsp3) is 0.500. The van der Waals surface area contributed by atoms with Gasteiger partial charge in [0.25, 0.3) is 0 Å². The lowest BCUT2D eigenvalue weighted by molar-refractivity contribution is -0.161. The van der Waals surface area contributed by atoms with Crippen LogP contribution in [0, 0.1) is 5.92 Å². The van der Waals surface area contributed by atoms with E-state index in [0.717, 1.165) is 17.0 Å². The first-order valence-corrected chi connectivity index (χ1v) is 12.1. The molecule has 1 aromatic rings. The zero-order valence-corrected chi connectivity index (χ0v) is 19.2. The Labute approximate surface area is 186 Å². The summed E-state index contributed by atoms with van der Waals surface area (Å²) in [5.41, 5.74) is 1.04. The van der Waals surface area contributed by atoms with Crippen LogP contribution in [0.1, 0.15) is 18.9 Å². The Bertz CT molecular complexity index is 963. The summed E-state index contributed by atoms with van der Waals surface area (Å²) in [6, 6.07) is 8.82. The lowest BCUT2D eigenvalue weighted by Gasteiger charge is -2.45. The molecule has 11 heteroatoms. The van der Waals surface area contributed by atoms with Crippen LogP contribution in [0.3, 0.4) is 0 Å². The predicted molar refractivity (Wildman–Crippen MR) is 115 cm³/mol. The van der Waals surface area contributed by atoms with Gasteiger partial charge in [0.1, 0.15) is 12.3 Å². The zero-order chi connectivity index (χ0) is 22.8. The maximum Gasteiger partial charge on any atom is 0.397 e. The molecule has 0 unspecified atom stereocenters. The van der Waals surface area contributed by atoms with Gasteiger partial charge in [-0.05, 0) is 26.6 Å². The summed E-state index contributed by atoms with van der Waals surface area (Å²) in [6.45, 7) is 2.28. The highest BCUT2D eigenvalue weighted by Crippen LogP contribution is 2.47. The van der Waals surface area contributed by atoms with E-state index in [1.54, 1.807) is 0 Å². The van der Waals surface area contributed by atoms with Crippen LogP contribution in [-0.2, 0) is 35.5 Å². The molecule has 0 saturated carbocycles. The first kappa shape index (κ1) is 23.7. The van der Waals surface area contributed by atoms with Crippen molar-refractivity contribution in [1.29, 1.82) is 0 Å². The van der Waals surface area contributed by atoms with E-state index in [-0.39, 0.29) is 12.3 Å². The largest absolute Gasteiger partial charge is 0.456 e. The summed E-state index contributed by atoms with van der Waals surface area (Å²) in [5, 5.41) is 0. The quantitative estimate of drug-likeness (QED) is 0.310. The van der Waals surface area contributed by atoms with E-state index in [4.69, 9.17) is 9.29 Å². The Kier molecular flexibility index (Phi) is 7.43. The lowest BCUT2D eigenvalue weighted by atomic mass is 9.83. The number of fused-ring (bicyclic) bond motifs is 1. The van der Waals surface area contributed by atoms with Crippen molar-refractivity contribution < 1.29 is 31.5 Å². The van der Waals surface area contributed by atoms with Crippen LogP contribution >= 0.6 is 11.8 Å². The van der Waals surface area contributed by atoms with Crippen molar-refractivity contribution in [3.05, 3.63) is 46.5 Å². The minimum atomic E-state index is -4.69. The van der Waals surface area contributed by atoms with Gasteiger partial charge < -0.3 is 14.5 Å². The van der Waals surface area contributed by atoms with Gasteiger partial charge in [0, 0.05) is 23.6 Å². The van der Waals surface area contributed by atoms with Gasteiger partial charge in [-0.2, -0.15) is 8.42 Å². The van der Waals surface area contributed by atoms with Gasteiger partial charge in [0.15, 0.2) is 0 Å². The van der Waals surface area contributed by atoms with E-state index in [1.807, 2.05) is 49.3 Å². The van der Waals surface area contributed by atoms with Gasteiger partial charge in [-0.15, -0.1) is 11.8 Å². The van der Waals surface area contributed by atoms with E-state index in [1.165, 1.54) is 23.6 Å². The maximum absolute atomic E-state index is 12.9. The van der Waals surface area contributed by atoms with Crippen molar-refractivity contribution >= 4 is 34.0 Å². The molecule has 3 rings (SSSR count). The van der Waals surface area contributed by atoms with Crippen LogP contribution in [0.25, 0.3) is 0 Å². The summed E-state index contributed by atoms with van der Waals surface area (Å²) < 4.78 is 41.1. The molecule has 0 spiro atoms. The number of hydrogen-bond acceptors (Lipinski definition) is 8. The van der Waals surface area contributed by atoms with Crippen LogP contribution < -0.4 is 0 Å². The smallest absolute Gasteiger partial charge is 0.397 e. The fourth-order valence-electron chi connectivity index (χ4n) is 3.73. The number of hydrogen-bond donors (Lipinski definition) is 1. The van der Waals surface area contributed by atoms with Crippen molar-refractivity contribution in [2.24, 2.45) is 5.92 Å². The number of β-lactam (4-membered cyclic amide) rings is 1. The zero-order valence-electron chi connectivity index (χ0n) is 17.6. The van der Waals surface area contributed by atoms with Gasteiger partial charge in [-0.3, -0.25) is 9.35 Å². The normalized spacial score (nSPS) is 21.8. The van der Waals surface area contributed by atoms with Crippen LogP contribution in [0.2, 0.25) is 0 Å². The third-order valence-electron chi connectivity index (χ3n) is 5.17. The highest BCUT2D eigenvalue weighted by atomic mass is 32.3. The van der Waals surface area contributed by atoms with Crippen molar-refractivity contribution in [2.45, 2.75) is 32.1 Å². The highest BCUT2D eigenvalue weighted by molar-refractivity contribution is 8.03. The van der Waals surface area contributed by atoms with E-state index in [9.17, 15) is 18.0 Å². The predicted octanol–water partition coefficient (Wildman–Crippen LogP) is 1.67. The molecule has 2 aliphatic heterocycles. The summed E-state index contributed by atoms with van der Waals surface area (Å²) in [7, 11) is -0.801. The minimum absolute atomic E-state index is 0.0806. The fourth-order valence-corrected chi connectivity index (χ4v) is 5.54. The molecule has 1 amide bonds. The Balaban J connectivity index is 1.75. The van der Waals surface area contributed by atoms with E-state index >= 15 is 0 Å². The SMILES string of the molecule is C[C@@H](OS(=O)(=O)O)[C@H]1C(=O)N2C(C(=O)OCc3ccccc3)=C(SCCN(C)C)C[C@H]12. The van der Waals surface area contributed by atoms with Gasteiger partial charge in [0.05, 0.1) is 18.1 Å². The third-order valence-corrected chi connectivity index (χ3v) is 6.81. The van der Waals surface area contributed by atoms with Gasteiger partial charge in [-0.1, -0.05) is 30.3 Å². The first-order valence-electron chi connectivity index (χ1n) is 9.79. The van der Waals surface area contributed by atoms with E-state index in [2.05, 4.69) is 4.18 Å². The lowest BCUT2D eigenvalue weighted by Crippen LogP contribution is -2.62. The minimum Gasteiger partial charge on any atom is -0.456 e. The first-order chi connectivity index (χ1) is 14.6. The maximum atomic E-state index is 12.9. The number of esters is 1. The van der Waals surface area contributed by atoms with Crippen molar-refractivity contribution in [3.63, 3.8) is 0 Å². The molecular weight excluding hydrogens is 444 g/mol. The molecule has 1 saturated heterocycles. The molecule has 31 heavy (non-hydrogen) atoms. The van der Waals surface area contributed by atoms with Gasteiger partial charge in [-0.25, -0.2) is 8.98 Å². The number of carbonyl (C=O) groups excluding carboxylic acids is 2. The molecule has 2 aliphatic rings. The number of nitrogens with zero attached hydrogens (tertiary/aromatic N) is 2. The second kappa shape index (κ2) is 9.70. The molecule has 0 bridgehead atoms. The van der Waals surface area contributed by atoms with Crippen LogP contribution in [0.4, 0.5) is 0 Å². The number of amides is 1. The Hall–Kier alpha value is -1.92. The standard InChI is InChI=1S/C20H26N2O7S2/c1-13(29-31(25,26)27)17-15-11-16(30-10-9-21(2)3)18(22(15)19(17)23)20(24)28-12-14-7-5-4-6-8-14/h4-8,13,15,17H,9-12H2,1-3H3,(H,25,26,27)/t13-,15-,17-/m1/s1. The van der Waals surface area contributed by atoms with Crippen molar-refractivity contribution in [2.75, 3.05) is 26.4 Å². The molecule has 0 aromatic heterocycles. The molecule has 1 N–H and O–H groups in total. The molecule has 2 heterocycles. The van der Waals surface area contributed by atoms with E-state index in [0.29, 0.717) is 12.2 Å². The van der Waals surface area contributed by atoms with Gasteiger partial charge >= 0.3 is 16.4 Å². The molecule has 0 radical (unpaired) electrons. The number of thioether (sulfide) groups is 1.